The first-order chi connectivity index (χ1) is 13.1. The molecule has 4 rings (SSSR count). The maximum absolute atomic E-state index is 13.2. The Morgan fingerprint density at radius 2 is 1.93 bits per heavy atom. The molecule has 27 heavy (non-hydrogen) atoms. The number of Topliss-reactive ketones (excluding diaryl/α,β-unsaturated/α-hetero) is 1. The first-order valence-electron chi connectivity index (χ1n) is 9.85. The van der Waals surface area contributed by atoms with Crippen molar-refractivity contribution in [3.8, 4) is 0 Å². The number of likely N-dealkylation sites (tertiary alicyclic amines) is 1. The van der Waals surface area contributed by atoms with Crippen molar-refractivity contribution in [1.29, 1.82) is 0 Å². The second kappa shape index (κ2) is 7.52. The number of benzene rings is 1. The minimum Gasteiger partial charge on any atom is -0.379 e. The molecule has 2 amide bonds. The molecule has 2 fully saturated rings. The second-order valence-corrected chi connectivity index (χ2v) is 7.80. The van der Waals surface area contributed by atoms with Gasteiger partial charge in [-0.1, -0.05) is 24.3 Å². The van der Waals surface area contributed by atoms with Crippen LogP contribution in [0.15, 0.2) is 24.3 Å². The molecule has 6 heteroatoms. The van der Waals surface area contributed by atoms with Crippen LogP contribution in [-0.4, -0.2) is 66.8 Å². The highest BCUT2D eigenvalue weighted by atomic mass is 16.5. The average molecular weight is 370 g/mol. The number of rotatable bonds is 5. The van der Waals surface area contributed by atoms with Gasteiger partial charge in [-0.2, -0.15) is 0 Å². The lowest BCUT2D eigenvalue weighted by atomic mass is 9.69. The summed E-state index contributed by atoms with van der Waals surface area (Å²) in [6, 6.07) is 7.93. The third kappa shape index (κ3) is 3.44. The third-order valence-electron chi connectivity index (χ3n) is 6.14. The maximum Gasteiger partial charge on any atom is 0.240 e. The Labute approximate surface area is 159 Å². The smallest absolute Gasteiger partial charge is 0.240 e. The topological polar surface area (TPSA) is 66.9 Å². The zero-order chi connectivity index (χ0) is 18.9. The predicted octanol–water partition coefficient (Wildman–Crippen LogP) is 1.31. The van der Waals surface area contributed by atoms with Gasteiger partial charge in [0.05, 0.1) is 25.2 Å². The molecule has 1 unspecified atom stereocenters. The molecule has 1 atom stereocenters. The van der Waals surface area contributed by atoms with E-state index in [9.17, 15) is 14.4 Å². The van der Waals surface area contributed by atoms with Gasteiger partial charge in [-0.15, -0.1) is 0 Å². The largest absolute Gasteiger partial charge is 0.379 e. The van der Waals surface area contributed by atoms with Crippen LogP contribution >= 0.6 is 0 Å². The average Bonchev–Trinajstić information content (AvgIpc) is 2.92. The molecule has 1 aliphatic carbocycles. The van der Waals surface area contributed by atoms with E-state index in [1.165, 1.54) is 4.90 Å². The normalized spacial score (nSPS) is 25.9. The van der Waals surface area contributed by atoms with Crippen molar-refractivity contribution in [2.45, 2.75) is 37.5 Å². The number of ketones is 1. The molecule has 3 aliphatic rings. The molecular formula is C21H26N2O4. The van der Waals surface area contributed by atoms with Gasteiger partial charge in [-0.05, 0) is 30.4 Å². The van der Waals surface area contributed by atoms with Crippen LogP contribution in [0.5, 0.6) is 0 Å². The number of morpholine rings is 1. The van der Waals surface area contributed by atoms with Gasteiger partial charge in [0, 0.05) is 32.5 Å². The summed E-state index contributed by atoms with van der Waals surface area (Å²) in [4.78, 5) is 41.7. The van der Waals surface area contributed by atoms with Crippen molar-refractivity contribution in [3.63, 3.8) is 0 Å². The number of nitrogens with zero attached hydrogens (tertiary/aromatic N) is 2. The van der Waals surface area contributed by atoms with Gasteiger partial charge in [0.15, 0.2) is 5.78 Å². The summed E-state index contributed by atoms with van der Waals surface area (Å²) in [5.41, 5.74) is 1.39. The first kappa shape index (κ1) is 18.3. The van der Waals surface area contributed by atoms with Crippen LogP contribution in [0.3, 0.4) is 0 Å². The number of ether oxygens (including phenoxy) is 1. The predicted molar refractivity (Wildman–Crippen MR) is 99.3 cm³/mol. The van der Waals surface area contributed by atoms with Gasteiger partial charge in [-0.3, -0.25) is 24.2 Å². The summed E-state index contributed by atoms with van der Waals surface area (Å²) in [5, 5.41) is 0. The Kier molecular flexibility index (Phi) is 5.10. The third-order valence-corrected chi connectivity index (χ3v) is 6.14. The van der Waals surface area contributed by atoms with Gasteiger partial charge in [0.2, 0.25) is 11.8 Å². The van der Waals surface area contributed by atoms with Crippen molar-refractivity contribution < 1.29 is 19.1 Å². The van der Waals surface area contributed by atoms with E-state index in [0.29, 0.717) is 32.6 Å². The molecule has 0 bridgehead atoms. The van der Waals surface area contributed by atoms with Crippen molar-refractivity contribution in [3.05, 3.63) is 35.4 Å². The van der Waals surface area contributed by atoms with Crippen LogP contribution in [0.2, 0.25) is 0 Å². The molecule has 1 spiro atoms. The SMILES string of the molecule is O=C(CCN1CCOCC1)CN1C(=O)CC2(CCCc3ccccc32)C1=O. The molecule has 1 aromatic rings. The molecule has 0 radical (unpaired) electrons. The number of hydrogen-bond acceptors (Lipinski definition) is 5. The van der Waals surface area contributed by atoms with Crippen molar-refractivity contribution in [1.82, 2.24) is 9.80 Å². The minimum atomic E-state index is -0.754. The van der Waals surface area contributed by atoms with Gasteiger partial charge in [-0.25, -0.2) is 0 Å². The molecule has 0 N–H and O–H groups in total. The zero-order valence-corrected chi connectivity index (χ0v) is 15.6. The Bertz CT molecular complexity index is 756. The van der Waals surface area contributed by atoms with E-state index in [-0.39, 0.29) is 30.6 Å². The Morgan fingerprint density at radius 1 is 1.15 bits per heavy atom. The Hall–Kier alpha value is -2.05. The Morgan fingerprint density at radius 3 is 2.74 bits per heavy atom. The summed E-state index contributed by atoms with van der Waals surface area (Å²) in [5.74, 6) is -0.444. The summed E-state index contributed by atoms with van der Waals surface area (Å²) >= 11 is 0. The van der Waals surface area contributed by atoms with E-state index in [2.05, 4.69) is 4.90 Å². The fraction of sp³-hybridized carbons (Fsp3) is 0.571. The van der Waals surface area contributed by atoms with Crippen molar-refractivity contribution >= 4 is 17.6 Å². The Balaban J connectivity index is 1.44. The highest BCUT2D eigenvalue weighted by molar-refractivity contribution is 6.11. The molecule has 1 aromatic carbocycles. The van der Waals surface area contributed by atoms with Crippen LogP contribution in [0.4, 0.5) is 0 Å². The van der Waals surface area contributed by atoms with Gasteiger partial charge >= 0.3 is 0 Å². The molecule has 0 aromatic heterocycles. The lowest BCUT2D eigenvalue weighted by Gasteiger charge is -2.33. The maximum atomic E-state index is 13.2. The van der Waals surface area contributed by atoms with E-state index < -0.39 is 5.41 Å². The fourth-order valence-corrected chi connectivity index (χ4v) is 4.65. The standard InChI is InChI=1S/C21H26N2O4/c24-17(7-9-22-10-12-27-13-11-22)15-23-19(25)14-21(20(23)26)8-3-5-16-4-1-2-6-18(16)21/h1-2,4,6H,3,5,7-15H2. The van der Waals surface area contributed by atoms with Crippen LogP contribution in [0, 0.1) is 0 Å². The van der Waals surface area contributed by atoms with E-state index in [1.807, 2.05) is 24.3 Å². The lowest BCUT2D eigenvalue weighted by molar-refractivity contribution is -0.143. The highest BCUT2D eigenvalue weighted by Gasteiger charge is 2.54. The number of amides is 2. The lowest BCUT2D eigenvalue weighted by Crippen LogP contribution is -2.43. The summed E-state index contributed by atoms with van der Waals surface area (Å²) in [7, 11) is 0. The van der Waals surface area contributed by atoms with E-state index in [4.69, 9.17) is 4.74 Å². The number of imide groups is 1. The summed E-state index contributed by atoms with van der Waals surface area (Å²) < 4.78 is 5.31. The van der Waals surface area contributed by atoms with Crippen LogP contribution < -0.4 is 0 Å². The molecule has 2 saturated heterocycles. The summed E-state index contributed by atoms with van der Waals surface area (Å²) in [6.07, 6.45) is 3.08. The number of carbonyl (C=O) groups excluding carboxylic acids is 3. The quantitative estimate of drug-likeness (QED) is 0.731. The zero-order valence-electron chi connectivity index (χ0n) is 15.6. The molecule has 0 saturated carbocycles. The number of hydrogen-bond donors (Lipinski definition) is 0. The van der Waals surface area contributed by atoms with E-state index >= 15 is 0 Å². The number of aryl methyl sites for hydroxylation is 1. The molecule has 6 nitrogen and oxygen atoms in total. The van der Waals surface area contributed by atoms with Gasteiger partial charge in [0.25, 0.3) is 0 Å². The highest BCUT2D eigenvalue weighted by Crippen LogP contribution is 2.45. The minimum absolute atomic E-state index is 0.0515. The van der Waals surface area contributed by atoms with Crippen molar-refractivity contribution in [2.24, 2.45) is 0 Å². The van der Waals surface area contributed by atoms with Crippen LogP contribution in [-0.2, 0) is 31.0 Å². The van der Waals surface area contributed by atoms with Gasteiger partial charge < -0.3 is 4.74 Å². The van der Waals surface area contributed by atoms with E-state index in [0.717, 1.165) is 37.1 Å². The van der Waals surface area contributed by atoms with E-state index in [1.54, 1.807) is 0 Å². The van der Waals surface area contributed by atoms with Crippen LogP contribution in [0.25, 0.3) is 0 Å². The van der Waals surface area contributed by atoms with Crippen molar-refractivity contribution in [2.75, 3.05) is 39.4 Å². The molecule has 2 heterocycles. The monoisotopic (exact) mass is 370 g/mol. The number of carbonyl (C=O) groups is 3. The van der Waals surface area contributed by atoms with Gasteiger partial charge in [0.1, 0.15) is 0 Å². The number of fused-ring (bicyclic) bond motifs is 2. The first-order valence-corrected chi connectivity index (χ1v) is 9.85. The molecule has 2 aliphatic heterocycles. The second-order valence-electron chi connectivity index (χ2n) is 7.80. The summed E-state index contributed by atoms with van der Waals surface area (Å²) in [6.45, 7) is 3.61. The van der Waals surface area contributed by atoms with Crippen LogP contribution in [0.1, 0.15) is 36.8 Å². The molecular weight excluding hydrogens is 344 g/mol. The molecule has 144 valence electrons. The fourth-order valence-electron chi connectivity index (χ4n) is 4.65.